The number of carbonyl (C=O) groups excluding carboxylic acids is 2. The summed E-state index contributed by atoms with van der Waals surface area (Å²) in [5, 5.41) is 4.97. The number of nitrogens with zero attached hydrogens (tertiary/aromatic N) is 1. The highest BCUT2D eigenvalue weighted by Crippen LogP contribution is 2.19. The molecule has 0 aliphatic rings. The average Bonchev–Trinajstić information content (AvgIpc) is 2.62. The van der Waals surface area contributed by atoms with Crippen LogP contribution < -0.4 is 10.6 Å². The average molecular weight is 458 g/mol. The molecule has 28 heavy (non-hydrogen) atoms. The molecule has 9 heteroatoms. The van der Waals surface area contributed by atoms with Gasteiger partial charge in [0, 0.05) is 4.47 Å². The van der Waals surface area contributed by atoms with Crippen molar-refractivity contribution >= 4 is 33.4 Å². The van der Waals surface area contributed by atoms with Crippen LogP contribution in [0.25, 0.3) is 0 Å². The Bertz CT molecular complexity index is 862. The van der Waals surface area contributed by atoms with Gasteiger partial charge in [-0.2, -0.15) is 0 Å². The third kappa shape index (κ3) is 6.07. The van der Waals surface area contributed by atoms with Gasteiger partial charge in [0.25, 0.3) is 0 Å². The van der Waals surface area contributed by atoms with E-state index in [9.17, 15) is 22.8 Å². The molecule has 2 aromatic carbocycles. The minimum atomic E-state index is -1.66. The summed E-state index contributed by atoms with van der Waals surface area (Å²) in [6.07, 6.45) is 0. The first kappa shape index (κ1) is 21.9. The maximum atomic E-state index is 13.6. The molecule has 5 nitrogen and oxygen atoms in total. The van der Waals surface area contributed by atoms with Crippen molar-refractivity contribution in [1.29, 1.82) is 0 Å². The second-order valence-electron chi connectivity index (χ2n) is 6.28. The fourth-order valence-electron chi connectivity index (χ4n) is 2.48. The second kappa shape index (κ2) is 9.70. The Morgan fingerprint density at radius 1 is 1.00 bits per heavy atom. The van der Waals surface area contributed by atoms with Gasteiger partial charge in [0.05, 0.1) is 24.8 Å². The summed E-state index contributed by atoms with van der Waals surface area (Å²) in [5.74, 6) is -5.44. The van der Waals surface area contributed by atoms with Gasteiger partial charge < -0.3 is 10.6 Å². The van der Waals surface area contributed by atoms with Crippen LogP contribution in [0.5, 0.6) is 0 Å². The number of hydrogen-bond acceptors (Lipinski definition) is 3. The molecule has 0 unspecified atom stereocenters. The summed E-state index contributed by atoms with van der Waals surface area (Å²) in [6.45, 7) is 1.52. The van der Waals surface area contributed by atoms with Crippen LogP contribution >= 0.6 is 15.9 Å². The van der Waals surface area contributed by atoms with Gasteiger partial charge in [0.2, 0.25) is 11.8 Å². The number of likely N-dealkylation sites (N-methyl/N-ethyl adjacent to an activating group) is 1. The van der Waals surface area contributed by atoms with Gasteiger partial charge in [-0.3, -0.25) is 14.5 Å². The van der Waals surface area contributed by atoms with Gasteiger partial charge in [0.15, 0.2) is 17.5 Å². The zero-order valence-electron chi connectivity index (χ0n) is 15.2. The molecule has 0 aliphatic heterocycles. The van der Waals surface area contributed by atoms with Crippen LogP contribution in [0.2, 0.25) is 0 Å². The number of anilines is 1. The van der Waals surface area contributed by atoms with Gasteiger partial charge in [-0.05, 0) is 43.8 Å². The Kier molecular flexibility index (Phi) is 7.59. The van der Waals surface area contributed by atoms with Crippen molar-refractivity contribution in [2.24, 2.45) is 0 Å². The van der Waals surface area contributed by atoms with Crippen molar-refractivity contribution in [3.05, 3.63) is 63.9 Å². The van der Waals surface area contributed by atoms with Crippen molar-refractivity contribution < 1.29 is 22.8 Å². The van der Waals surface area contributed by atoms with Crippen LogP contribution in [0.4, 0.5) is 18.9 Å². The van der Waals surface area contributed by atoms with E-state index in [4.69, 9.17) is 0 Å². The molecule has 0 saturated heterocycles. The van der Waals surface area contributed by atoms with Crippen LogP contribution in [-0.4, -0.2) is 36.9 Å². The van der Waals surface area contributed by atoms with E-state index in [2.05, 4.69) is 26.6 Å². The summed E-state index contributed by atoms with van der Waals surface area (Å²) in [6, 6.07) is 8.91. The van der Waals surface area contributed by atoms with E-state index in [1.807, 2.05) is 31.2 Å². The molecular formula is C19H19BrF3N3O2. The zero-order chi connectivity index (χ0) is 20.8. The van der Waals surface area contributed by atoms with E-state index in [1.54, 1.807) is 0 Å². The van der Waals surface area contributed by atoms with Gasteiger partial charge >= 0.3 is 0 Å². The molecule has 2 aromatic rings. The lowest BCUT2D eigenvalue weighted by molar-refractivity contribution is -0.123. The molecule has 0 aliphatic carbocycles. The fraction of sp³-hybridized carbons (Fsp3) is 0.263. The Labute approximate surface area is 169 Å². The molecular weight excluding hydrogens is 439 g/mol. The highest BCUT2D eigenvalue weighted by molar-refractivity contribution is 9.10. The lowest BCUT2D eigenvalue weighted by atomic mass is 10.1. The van der Waals surface area contributed by atoms with Gasteiger partial charge in [0.1, 0.15) is 0 Å². The van der Waals surface area contributed by atoms with Crippen LogP contribution in [0.1, 0.15) is 18.5 Å². The van der Waals surface area contributed by atoms with E-state index >= 15 is 0 Å². The van der Waals surface area contributed by atoms with Crippen LogP contribution in [0.3, 0.4) is 0 Å². The predicted molar refractivity (Wildman–Crippen MR) is 103 cm³/mol. The number of nitrogens with one attached hydrogen (secondary N) is 2. The number of halogens is 4. The maximum absolute atomic E-state index is 13.6. The smallest absolute Gasteiger partial charge is 0.238 e. The number of rotatable bonds is 7. The third-order valence-electron chi connectivity index (χ3n) is 3.88. The third-order valence-corrected chi connectivity index (χ3v) is 4.41. The maximum Gasteiger partial charge on any atom is 0.238 e. The first-order valence-electron chi connectivity index (χ1n) is 8.34. The van der Waals surface area contributed by atoms with E-state index in [0.29, 0.717) is 6.07 Å². The Balaban J connectivity index is 1.84. The lowest BCUT2D eigenvalue weighted by Crippen LogP contribution is -2.39. The minimum Gasteiger partial charge on any atom is -0.348 e. The van der Waals surface area contributed by atoms with Gasteiger partial charge in [-0.25, -0.2) is 13.2 Å². The standard InChI is InChI=1S/C19H19BrF3N3O2/c1-11(12-3-5-13(20)6-4-12)24-16(27)9-26(2)10-17(28)25-15-8-7-14(21)18(22)19(15)23/h3-8,11H,9-10H2,1-2H3,(H,24,27)(H,25,28)/t11-/m0/s1. The molecule has 2 rings (SSSR count). The monoisotopic (exact) mass is 457 g/mol. The molecule has 150 valence electrons. The highest BCUT2D eigenvalue weighted by Gasteiger charge is 2.17. The topological polar surface area (TPSA) is 61.4 Å². The molecule has 0 bridgehead atoms. The van der Waals surface area contributed by atoms with Crippen LogP contribution in [0.15, 0.2) is 40.9 Å². The summed E-state index contributed by atoms with van der Waals surface area (Å²) >= 11 is 3.34. The zero-order valence-corrected chi connectivity index (χ0v) is 16.8. The Morgan fingerprint density at radius 3 is 2.25 bits per heavy atom. The first-order valence-corrected chi connectivity index (χ1v) is 9.13. The van der Waals surface area contributed by atoms with Crippen molar-refractivity contribution in [3.63, 3.8) is 0 Å². The molecule has 1 atom stereocenters. The largest absolute Gasteiger partial charge is 0.348 e. The van der Waals surface area contributed by atoms with Crippen molar-refractivity contribution in [1.82, 2.24) is 10.2 Å². The summed E-state index contributed by atoms with van der Waals surface area (Å²) in [7, 11) is 1.53. The van der Waals surface area contributed by atoms with Crippen molar-refractivity contribution in [2.45, 2.75) is 13.0 Å². The quantitative estimate of drug-likeness (QED) is 0.624. The van der Waals surface area contributed by atoms with Crippen LogP contribution in [0, 0.1) is 17.5 Å². The summed E-state index contributed by atoms with van der Waals surface area (Å²) in [4.78, 5) is 25.5. The fourth-order valence-corrected chi connectivity index (χ4v) is 2.74. The van der Waals surface area contributed by atoms with E-state index in [0.717, 1.165) is 16.1 Å². The SMILES string of the molecule is C[C@H](NC(=O)CN(C)CC(=O)Nc1ccc(F)c(F)c1F)c1ccc(Br)cc1. The van der Waals surface area contributed by atoms with Gasteiger partial charge in [-0.15, -0.1) is 0 Å². The molecule has 2 N–H and O–H groups in total. The second-order valence-corrected chi connectivity index (χ2v) is 7.20. The van der Waals surface area contributed by atoms with E-state index in [-0.39, 0.29) is 25.0 Å². The first-order chi connectivity index (χ1) is 13.2. The number of benzene rings is 2. The lowest BCUT2D eigenvalue weighted by Gasteiger charge is -2.19. The normalized spacial score (nSPS) is 12.0. The van der Waals surface area contributed by atoms with Crippen molar-refractivity contribution in [3.8, 4) is 0 Å². The number of carbonyl (C=O) groups is 2. The molecule has 0 heterocycles. The van der Waals surface area contributed by atoms with E-state index in [1.165, 1.54) is 11.9 Å². The molecule has 0 saturated carbocycles. The summed E-state index contributed by atoms with van der Waals surface area (Å²) < 4.78 is 40.6. The number of amides is 2. The van der Waals surface area contributed by atoms with Gasteiger partial charge in [-0.1, -0.05) is 28.1 Å². The molecule has 0 aromatic heterocycles. The minimum absolute atomic E-state index is 0.0749. The molecule has 0 radical (unpaired) electrons. The molecule has 0 spiro atoms. The Morgan fingerprint density at radius 2 is 1.61 bits per heavy atom. The Hall–Kier alpha value is -2.39. The van der Waals surface area contributed by atoms with Crippen LogP contribution in [-0.2, 0) is 9.59 Å². The summed E-state index contributed by atoms with van der Waals surface area (Å²) in [5.41, 5.74) is 0.455. The highest BCUT2D eigenvalue weighted by atomic mass is 79.9. The van der Waals surface area contributed by atoms with E-state index < -0.39 is 29.0 Å². The van der Waals surface area contributed by atoms with Crippen molar-refractivity contribution in [2.75, 3.05) is 25.5 Å². The number of hydrogen-bond donors (Lipinski definition) is 2. The molecule has 0 fully saturated rings. The molecule has 2 amide bonds. The predicted octanol–water partition coefficient (Wildman–Crippen LogP) is 3.61.